The molecular formula is C17H24N2OS. The number of hydrogen-bond donors (Lipinski definition) is 1. The first-order chi connectivity index (χ1) is 10.2. The van der Waals surface area contributed by atoms with Crippen molar-refractivity contribution in [2.75, 3.05) is 26.8 Å². The highest BCUT2D eigenvalue weighted by atomic mass is 32.1. The Bertz CT molecular complexity index is 548. The highest BCUT2D eigenvalue weighted by Crippen LogP contribution is 2.27. The van der Waals surface area contributed by atoms with E-state index >= 15 is 0 Å². The van der Waals surface area contributed by atoms with Gasteiger partial charge in [0.2, 0.25) is 0 Å². The molecule has 0 aliphatic heterocycles. The van der Waals surface area contributed by atoms with Gasteiger partial charge in [-0.25, -0.2) is 4.98 Å². The van der Waals surface area contributed by atoms with Gasteiger partial charge in [-0.05, 0) is 26.8 Å². The molecule has 2 rings (SSSR count). The second-order valence-corrected chi connectivity index (χ2v) is 6.51. The second kappa shape index (κ2) is 8.27. The van der Waals surface area contributed by atoms with Crippen molar-refractivity contribution in [3.63, 3.8) is 0 Å². The van der Waals surface area contributed by atoms with Crippen molar-refractivity contribution in [2.24, 2.45) is 0 Å². The molecule has 114 valence electrons. The Kier molecular flexibility index (Phi) is 6.36. The molecule has 1 N–H and O–H groups in total. The third-order valence-electron chi connectivity index (χ3n) is 3.38. The summed E-state index contributed by atoms with van der Waals surface area (Å²) in [7, 11) is 1.74. The van der Waals surface area contributed by atoms with Crippen molar-refractivity contribution < 1.29 is 4.74 Å². The molecule has 21 heavy (non-hydrogen) atoms. The predicted molar refractivity (Wildman–Crippen MR) is 90.1 cm³/mol. The van der Waals surface area contributed by atoms with Crippen molar-refractivity contribution in [3.05, 3.63) is 39.7 Å². The van der Waals surface area contributed by atoms with E-state index in [9.17, 15) is 0 Å². The number of hydrogen-bond acceptors (Lipinski definition) is 4. The zero-order valence-corrected chi connectivity index (χ0v) is 13.9. The highest BCUT2D eigenvalue weighted by molar-refractivity contribution is 7.12. The van der Waals surface area contributed by atoms with Gasteiger partial charge < -0.3 is 10.1 Å². The van der Waals surface area contributed by atoms with E-state index in [0.717, 1.165) is 38.2 Å². The number of aromatic nitrogens is 1. The molecule has 0 atom stereocenters. The minimum Gasteiger partial charge on any atom is -0.385 e. The molecule has 0 radical (unpaired) electrons. The van der Waals surface area contributed by atoms with Gasteiger partial charge in [0.15, 0.2) is 0 Å². The fourth-order valence-electron chi connectivity index (χ4n) is 2.20. The van der Waals surface area contributed by atoms with Crippen molar-refractivity contribution in [3.8, 4) is 11.3 Å². The van der Waals surface area contributed by atoms with Crippen LogP contribution in [0.4, 0.5) is 0 Å². The van der Waals surface area contributed by atoms with Gasteiger partial charge in [0.25, 0.3) is 0 Å². The van der Waals surface area contributed by atoms with E-state index in [2.05, 4.69) is 43.4 Å². The van der Waals surface area contributed by atoms with E-state index in [4.69, 9.17) is 9.72 Å². The number of nitrogens with one attached hydrogen (secondary N) is 1. The van der Waals surface area contributed by atoms with Crippen molar-refractivity contribution >= 4 is 11.3 Å². The normalized spacial score (nSPS) is 11.0. The summed E-state index contributed by atoms with van der Waals surface area (Å²) in [4.78, 5) is 6.10. The zero-order chi connectivity index (χ0) is 15.1. The minimum atomic E-state index is 0.820. The third-order valence-corrected chi connectivity index (χ3v) is 4.41. The number of aryl methyl sites for hydroxylation is 2. The summed E-state index contributed by atoms with van der Waals surface area (Å²) in [5, 5.41) is 4.64. The first kappa shape index (κ1) is 16.1. The van der Waals surface area contributed by atoms with Crippen molar-refractivity contribution in [1.29, 1.82) is 0 Å². The maximum absolute atomic E-state index is 5.03. The van der Waals surface area contributed by atoms with Gasteiger partial charge in [-0.1, -0.05) is 29.8 Å². The number of rotatable bonds is 8. The fraction of sp³-hybridized carbons (Fsp3) is 0.471. The molecule has 0 amide bonds. The van der Waals surface area contributed by atoms with E-state index in [1.807, 2.05) is 0 Å². The minimum absolute atomic E-state index is 0.820. The van der Waals surface area contributed by atoms with Crippen LogP contribution in [0.3, 0.4) is 0 Å². The summed E-state index contributed by atoms with van der Waals surface area (Å²) in [6.45, 7) is 7.06. The fourth-order valence-corrected chi connectivity index (χ4v) is 3.15. The van der Waals surface area contributed by atoms with Crippen LogP contribution in [-0.4, -0.2) is 31.8 Å². The Hall–Kier alpha value is -1.23. The lowest BCUT2D eigenvalue weighted by Gasteiger charge is -2.02. The third kappa shape index (κ3) is 4.92. The summed E-state index contributed by atoms with van der Waals surface area (Å²) in [5.41, 5.74) is 3.63. The van der Waals surface area contributed by atoms with Crippen LogP contribution in [-0.2, 0) is 11.2 Å². The lowest BCUT2D eigenvalue weighted by molar-refractivity contribution is 0.194. The molecule has 4 heteroatoms. The maximum Gasteiger partial charge on any atom is 0.0948 e. The smallest absolute Gasteiger partial charge is 0.0948 e. The Morgan fingerprint density at radius 2 is 1.90 bits per heavy atom. The van der Waals surface area contributed by atoms with Gasteiger partial charge in [0, 0.05) is 37.1 Å². The van der Waals surface area contributed by atoms with Gasteiger partial charge in [0.05, 0.1) is 10.7 Å². The number of nitrogens with zero attached hydrogens (tertiary/aromatic N) is 1. The SMILES string of the molecule is COCCCNCCc1nc(-c2ccc(C)cc2)c(C)s1. The van der Waals surface area contributed by atoms with Crippen LogP contribution in [0, 0.1) is 13.8 Å². The van der Waals surface area contributed by atoms with Crippen LogP contribution in [0.2, 0.25) is 0 Å². The van der Waals surface area contributed by atoms with Crippen LogP contribution >= 0.6 is 11.3 Å². The lowest BCUT2D eigenvalue weighted by Crippen LogP contribution is -2.19. The lowest BCUT2D eigenvalue weighted by atomic mass is 10.1. The number of benzene rings is 1. The summed E-state index contributed by atoms with van der Waals surface area (Å²) in [6.07, 6.45) is 2.05. The molecule has 0 aliphatic carbocycles. The van der Waals surface area contributed by atoms with E-state index in [1.165, 1.54) is 21.0 Å². The molecule has 1 heterocycles. The second-order valence-electron chi connectivity index (χ2n) is 5.22. The number of ether oxygens (including phenoxy) is 1. The topological polar surface area (TPSA) is 34.1 Å². The van der Waals surface area contributed by atoms with Gasteiger partial charge in [-0.3, -0.25) is 0 Å². The highest BCUT2D eigenvalue weighted by Gasteiger charge is 2.09. The maximum atomic E-state index is 5.03. The van der Waals surface area contributed by atoms with E-state index in [0.29, 0.717) is 0 Å². The van der Waals surface area contributed by atoms with Gasteiger partial charge in [-0.15, -0.1) is 11.3 Å². The molecular weight excluding hydrogens is 280 g/mol. The van der Waals surface area contributed by atoms with Gasteiger partial charge in [0.1, 0.15) is 0 Å². The Balaban J connectivity index is 1.88. The first-order valence-electron chi connectivity index (χ1n) is 7.43. The Labute approximate surface area is 131 Å². The molecule has 0 fully saturated rings. The molecule has 0 bridgehead atoms. The van der Waals surface area contributed by atoms with Gasteiger partial charge >= 0.3 is 0 Å². The van der Waals surface area contributed by atoms with Crippen molar-refractivity contribution in [2.45, 2.75) is 26.7 Å². The molecule has 0 aliphatic rings. The molecule has 0 spiro atoms. The largest absolute Gasteiger partial charge is 0.385 e. The molecule has 1 aromatic carbocycles. The summed E-state index contributed by atoms with van der Waals surface area (Å²) < 4.78 is 5.03. The quantitative estimate of drug-likeness (QED) is 0.757. The zero-order valence-electron chi connectivity index (χ0n) is 13.1. The molecule has 0 unspecified atom stereocenters. The van der Waals surface area contributed by atoms with Crippen LogP contribution in [0.15, 0.2) is 24.3 Å². The van der Waals surface area contributed by atoms with Crippen LogP contribution in [0.5, 0.6) is 0 Å². The van der Waals surface area contributed by atoms with Gasteiger partial charge in [-0.2, -0.15) is 0 Å². The standard InChI is InChI=1S/C17H24N2OS/c1-13-5-7-15(8-6-13)17-14(2)21-16(19-17)9-11-18-10-4-12-20-3/h5-8,18H,4,9-12H2,1-3H3. The van der Waals surface area contributed by atoms with E-state index in [1.54, 1.807) is 18.4 Å². The summed E-state index contributed by atoms with van der Waals surface area (Å²) in [5.74, 6) is 0. The molecule has 1 aromatic heterocycles. The monoisotopic (exact) mass is 304 g/mol. The number of thiazole rings is 1. The molecule has 3 nitrogen and oxygen atoms in total. The average molecular weight is 304 g/mol. The Morgan fingerprint density at radius 1 is 1.14 bits per heavy atom. The average Bonchev–Trinajstić information content (AvgIpc) is 2.85. The first-order valence-corrected chi connectivity index (χ1v) is 8.25. The van der Waals surface area contributed by atoms with E-state index in [-0.39, 0.29) is 0 Å². The summed E-state index contributed by atoms with van der Waals surface area (Å²) >= 11 is 1.81. The molecule has 0 saturated carbocycles. The molecule has 0 saturated heterocycles. The number of methoxy groups -OCH3 is 1. The van der Waals surface area contributed by atoms with E-state index < -0.39 is 0 Å². The van der Waals surface area contributed by atoms with Crippen LogP contribution < -0.4 is 5.32 Å². The predicted octanol–water partition coefficient (Wildman–Crippen LogP) is 3.60. The summed E-state index contributed by atoms with van der Waals surface area (Å²) in [6, 6.07) is 8.60. The van der Waals surface area contributed by atoms with Crippen LogP contribution in [0.25, 0.3) is 11.3 Å². The van der Waals surface area contributed by atoms with Crippen molar-refractivity contribution in [1.82, 2.24) is 10.3 Å². The molecule has 2 aromatic rings. The van der Waals surface area contributed by atoms with Crippen LogP contribution in [0.1, 0.15) is 21.9 Å². The Morgan fingerprint density at radius 3 is 2.62 bits per heavy atom.